The summed E-state index contributed by atoms with van der Waals surface area (Å²) in [6.45, 7) is 1.34. The van der Waals surface area contributed by atoms with Crippen LogP contribution in [0.5, 0.6) is 5.75 Å². The molecular formula is C21H19ClN2O2. The van der Waals surface area contributed by atoms with Crippen LogP contribution in [0.1, 0.15) is 23.3 Å². The van der Waals surface area contributed by atoms with Crippen molar-refractivity contribution in [2.24, 2.45) is 0 Å². The first-order chi connectivity index (χ1) is 12.7. The van der Waals surface area contributed by atoms with Gasteiger partial charge in [0.15, 0.2) is 0 Å². The maximum Gasteiger partial charge on any atom is 0.272 e. The van der Waals surface area contributed by atoms with Gasteiger partial charge in [-0.1, -0.05) is 35.9 Å². The van der Waals surface area contributed by atoms with Crippen molar-refractivity contribution in [2.45, 2.75) is 18.9 Å². The average Bonchev–Trinajstić information content (AvgIpc) is 2.69. The van der Waals surface area contributed by atoms with Crippen molar-refractivity contribution in [3.63, 3.8) is 0 Å². The lowest BCUT2D eigenvalue weighted by molar-refractivity contribution is 0.0590. The molecule has 1 aliphatic rings. The number of carbonyl (C=O) groups is 1. The van der Waals surface area contributed by atoms with Gasteiger partial charge in [-0.25, -0.2) is 0 Å². The van der Waals surface area contributed by atoms with Crippen molar-refractivity contribution in [3.8, 4) is 5.75 Å². The van der Waals surface area contributed by atoms with Gasteiger partial charge in [0, 0.05) is 42.5 Å². The average molecular weight is 367 g/mol. The SMILES string of the molecule is O=C(c1cc2ccccc2cn1)N1CCC(Oc2ccc(Cl)cc2)CC1. The number of amides is 1. The van der Waals surface area contributed by atoms with Crippen LogP contribution in [0, 0.1) is 0 Å². The first-order valence-electron chi connectivity index (χ1n) is 8.75. The summed E-state index contributed by atoms with van der Waals surface area (Å²) in [7, 11) is 0. The molecule has 2 aromatic carbocycles. The van der Waals surface area contributed by atoms with Crippen LogP contribution in [0.15, 0.2) is 60.8 Å². The second-order valence-electron chi connectivity index (χ2n) is 6.48. The van der Waals surface area contributed by atoms with E-state index in [1.165, 1.54) is 0 Å². The van der Waals surface area contributed by atoms with Crippen molar-refractivity contribution < 1.29 is 9.53 Å². The van der Waals surface area contributed by atoms with Crippen molar-refractivity contribution in [2.75, 3.05) is 13.1 Å². The van der Waals surface area contributed by atoms with Crippen molar-refractivity contribution in [3.05, 3.63) is 71.5 Å². The Bertz CT molecular complexity index is 919. The van der Waals surface area contributed by atoms with Crippen molar-refractivity contribution in [1.29, 1.82) is 0 Å². The zero-order chi connectivity index (χ0) is 17.9. The number of benzene rings is 2. The second-order valence-corrected chi connectivity index (χ2v) is 6.92. The van der Waals surface area contributed by atoms with E-state index in [9.17, 15) is 4.79 Å². The highest BCUT2D eigenvalue weighted by atomic mass is 35.5. The molecule has 132 valence electrons. The van der Waals surface area contributed by atoms with E-state index in [0.29, 0.717) is 23.8 Å². The van der Waals surface area contributed by atoms with E-state index in [1.54, 1.807) is 6.20 Å². The molecule has 4 nitrogen and oxygen atoms in total. The van der Waals surface area contributed by atoms with Crippen LogP contribution in [0.4, 0.5) is 0 Å². The lowest BCUT2D eigenvalue weighted by Gasteiger charge is -2.32. The quantitative estimate of drug-likeness (QED) is 0.681. The molecule has 5 heteroatoms. The molecule has 0 atom stereocenters. The number of ether oxygens (including phenoxy) is 1. The van der Waals surface area contributed by atoms with Crippen LogP contribution in [0.2, 0.25) is 5.02 Å². The molecule has 0 radical (unpaired) electrons. The molecule has 1 amide bonds. The lowest BCUT2D eigenvalue weighted by atomic mass is 10.1. The van der Waals surface area contributed by atoms with E-state index < -0.39 is 0 Å². The molecule has 1 aromatic heterocycles. The third kappa shape index (κ3) is 3.65. The van der Waals surface area contributed by atoms with Gasteiger partial charge in [-0.3, -0.25) is 9.78 Å². The van der Waals surface area contributed by atoms with E-state index in [1.807, 2.05) is 59.5 Å². The van der Waals surface area contributed by atoms with Gasteiger partial charge < -0.3 is 9.64 Å². The molecule has 2 heterocycles. The predicted molar refractivity (Wildman–Crippen MR) is 103 cm³/mol. The Morgan fingerprint density at radius 2 is 1.73 bits per heavy atom. The van der Waals surface area contributed by atoms with Crippen LogP contribution >= 0.6 is 11.6 Å². The number of pyridine rings is 1. The first kappa shape index (κ1) is 16.9. The normalized spacial score (nSPS) is 15.2. The lowest BCUT2D eigenvalue weighted by Crippen LogP contribution is -2.42. The van der Waals surface area contributed by atoms with E-state index in [4.69, 9.17) is 16.3 Å². The highest BCUT2D eigenvalue weighted by molar-refractivity contribution is 6.30. The third-order valence-corrected chi connectivity index (χ3v) is 4.95. The number of rotatable bonds is 3. The summed E-state index contributed by atoms with van der Waals surface area (Å²) in [6.07, 6.45) is 3.49. The molecular weight excluding hydrogens is 348 g/mol. The van der Waals surface area contributed by atoms with Gasteiger partial charge in [0.2, 0.25) is 0 Å². The summed E-state index contributed by atoms with van der Waals surface area (Å²) in [5.74, 6) is 0.802. The van der Waals surface area contributed by atoms with Gasteiger partial charge in [-0.05, 0) is 35.7 Å². The van der Waals surface area contributed by atoms with E-state index >= 15 is 0 Å². The molecule has 0 N–H and O–H groups in total. The fraction of sp³-hybridized carbons (Fsp3) is 0.238. The van der Waals surface area contributed by atoms with Crippen LogP contribution in [-0.4, -0.2) is 35.0 Å². The summed E-state index contributed by atoms with van der Waals surface area (Å²) >= 11 is 5.90. The minimum absolute atomic E-state index is 0.0132. The van der Waals surface area contributed by atoms with Crippen LogP contribution < -0.4 is 4.74 Å². The van der Waals surface area contributed by atoms with Gasteiger partial charge in [0.25, 0.3) is 5.91 Å². The molecule has 1 fully saturated rings. The van der Waals surface area contributed by atoms with Gasteiger partial charge >= 0.3 is 0 Å². The molecule has 0 aliphatic carbocycles. The van der Waals surface area contributed by atoms with Crippen LogP contribution in [0.25, 0.3) is 10.8 Å². The summed E-state index contributed by atoms with van der Waals surface area (Å²) in [6, 6.07) is 17.2. The fourth-order valence-electron chi connectivity index (χ4n) is 3.24. The zero-order valence-electron chi connectivity index (χ0n) is 14.3. The number of nitrogens with zero attached hydrogens (tertiary/aromatic N) is 2. The predicted octanol–water partition coefficient (Wildman–Crippen LogP) is 4.57. The topological polar surface area (TPSA) is 42.4 Å². The molecule has 3 aromatic rings. The molecule has 1 saturated heterocycles. The standard InChI is InChI=1S/C21H19ClN2O2/c22-17-5-7-18(8-6-17)26-19-9-11-24(12-10-19)21(25)20-13-15-3-1-2-4-16(15)14-23-20/h1-8,13-14,19H,9-12H2. The number of likely N-dealkylation sites (tertiary alicyclic amines) is 1. The molecule has 0 saturated carbocycles. The second kappa shape index (κ2) is 7.34. The molecule has 0 bridgehead atoms. The maximum atomic E-state index is 12.8. The maximum absolute atomic E-state index is 12.8. The van der Waals surface area contributed by atoms with E-state index in [0.717, 1.165) is 29.4 Å². The smallest absolute Gasteiger partial charge is 0.272 e. The molecule has 0 spiro atoms. The highest BCUT2D eigenvalue weighted by Gasteiger charge is 2.25. The van der Waals surface area contributed by atoms with Gasteiger partial charge in [0.1, 0.15) is 17.5 Å². The summed E-state index contributed by atoms with van der Waals surface area (Å²) in [4.78, 5) is 19.0. The van der Waals surface area contributed by atoms with E-state index in [2.05, 4.69) is 4.98 Å². The summed E-state index contributed by atoms with van der Waals surface area (Å²) in [5, 5.41) is 2.77. The third-order valence-electron chi connectivity index (χ3n) is 4.70. The summed E-state index contributed by atoms with van der Waals surface area (Å²) in [5.41, 5.74) is 0.501. The Morgan fingerprint density at radius 1 is 1.04 bits per heavy atom. The number of aromatic nitrogens is 1. The number of piperidine rings is 1. The summed E-state index contributed by atoms with van der Waals surface area (Å²) < 4.78 is 5.99. The Kier molecular flexibility index (Phi) is 4.76. The number of fused-ring (bicyclic) bond motifs is 1. The van der Waals surface area contributed by atoms with Gasteiger partial charge in [-0.2, -0.15) is 0 Å². The van der Waals surface area contributed by atoms with Crippen molar-refractivity contribution >= 4 is 28.3 Å². The van der Waals surface area contributed by atoms with Gasteiger partial charge in [0.05, 0.1) is 0 Å². The largest absolute Gasteiger partial charge is 0.490 e. The molecule has 26 heavy (non-hydrogen) atoms. The highest BCUT2D eigenvalue weighted by Crippen LogP contribution is 2.22. The number of hydrogen-bond acceptors (Lipinski definition) is 3. The molecule has 4 rings (SSSR count). The van der Waals surface area contributed by atoms with Crippen LogP contribution in [0.3, 0.4) is 0 Å². The Hall–Kier alpha value is -2.59. The Balaban J connectivity index is 1.38. The molecule has 0 unspecified atom stereocenters. The molecule has 1 aliphatic heterocycles. The fourth-order valence-corrected chi connectivity index (χ4v) is 3.37. The van der Waals surface area contributed by atoms with Crippen molar-refractivity contribution in [1.82, 2.24) is 9.88 Å². The number of halogens is 1. The number of carbonyl (C=O) groups excluding carboxylic acids is 1. The Morgan fingerprint density at radius 3 is 2.46 bits per heavy atom. The minimum atomic E-state index is -0.0132. The Labute approximate surface area is 157 Å². The van der Waals surface area contributed by atoms with Gasteiger partial charge in [-0.15, -0.1) is 0 Å². The van der Waals surface area contributed by atoms with Crippen LogP contribution in [-0.2, 0) is 0 Å². The zero-order valence-corrected chi connectivity index (χ0v) is 15.0. The monoisotopic (exact) mass is 366 g/mol. The minimum Gasteiger partial charge on any atom is -0.490 e. The van der Waals surface area contributed by atoms with E-state index in [-0.39, 0.29) is 12.0 Å². The number of hydrogen-bond donors (Lipinski definition) is 0. The first-order valence-corrected chi connectivity index (χ1v) is 9.13.